The van der Waals surface area contributed by atoms with Gasteiger partial charge in [0.05, 0.1) is 6.10 Å². The second-order valence-corrected chi connectivity index (χ2v) is 4.93. The predicted molar refractivity (Wildman–Crippen MR) is 71.3 cm³/mol. The van der Waals surface area contributed by atoms with E-state index in [0.717, 1.165) is 42.0 Å². The molecule has 0 spiro atoms. The monoisotopic (exact) mass is 300 g/mol. The second-order valence-electron chi connectivity index (χ2n) is 4.13. The van der Waals surface area contributed by atoms with Gasteiger partial charge in [-0.15, -0.1) is 0 Å². The largest absolute Gasteiger partial charge is 0.391 e. The second kappa shape index (κ2) is 5.64. The van der Waals surface area contributed by atoms with Crippen LogP contribution in [-0.2, 0) is 0 Å². The fraction of sp³-hybridized carbons (Fsp3) is 0.636. The number of halogens is 1. The van der Waals surface area contributed by atoms with Gasteiger partial charge in [-0.2, -0.15) is 0 Å². The molecule has 1 saturated heterocycles. The molecule has 17 heavy (non-hydrogen) atoms. The molecule has 1 fully saturated rings. The maximum absolute atomic E-state index is 9.69. The Labute approximate surface area is 109 Å². The van der Waals surface area contributed by atoms with Crippen molar-refractivity contribution >= 4 is 27.6 Å². The molecule has 1 aliphatic heterocycles. The zero-order valence-corrected chi connectivity index (χ0v) is 11.4. The molecule has 1 aliphatic rings. The van der Waals surface area contributed by atoms with Gasteiger partial charge in [0.15, 0.2) is 0 Å². The minimum atomic E-state index is -0.256. The van der Waals surface area contributed by atoms with Gasteiger partial charge in [0, 0.05) is 19.6 Å². The third kappa shape index (κ3) is 2.87. The van der Waals surface area contributed by atoms with E-state index in [1.165, 1.54) is 0 Å². The molecule has 1 aromatic heterocycles. The van der Waals surface area contributed by atoms with Crippen molar-refractivity contribution in [1.82, 2.24) is 9.97 Å². The summed E-state index contributed by atoms with van der Waals surface area (Å²) in [6.45, 7) is 4.41. The first-order valence-corrected chi connectivity index (χ1v) is 6.69. The maximum Gasteiger partial charge on any atom is 0.148 e. The predicted octanol–water partition coefficient (Wildman–Crippen LogP) is 1.63. The molecular weight excluding hydrogens is 284 g/mol. The first-order valence-electron chi connectivity index (χ1n) is 5.89. The number of β-amino-alcohol motifs (C(OH)–C–C–N with tert-alkyl or cyclic N) is 1. The van der Waals surface area contributed by atoms with Crippen LogP contribution in [0.3, 0.4) is 0 Å². The molecule has 1 unspecified atom stereocenters. The van der Waals surface area contributed by atoms with Crippen molar-refractivity contribution in [3.8, 4) is 0 Å². The molecule has 94 valence electrons. The number of aliphatic hydroxyl groups excluding tert-OH is 1. The first kappa shape index (κ1) is 12.6. The molecule has 0 radical (unpaired) electrons. The summed E-state index contributed by atoms with van der Waals surface area (Å²) in [5.74, 6) is 1.66. The smallest absolute Gasteiger partial charge is 0.148 e. The highest BCUT2D eigenvalue weighted by Crippen LogP contribution is 2.30. The van der Waals surface area contributed by atoms with Crippen LogP contribution in [-0.4, -0.2) is 40.8 Å². The summed E-state index contributed by atoms with van der Waals surface area (Å²) in [6.07, 6.45) is 3.17. The van der Waals surface area contributed by atoms with Gasteiger partial charge in [0.2, 0.25) is 0 Å². The molecule has 0 bridgehead atoms. The Balaban J connectivity index is 2.22. The van der Waals surface area contributed by atoms with Gasteiger partial charge in [-0.3, -0.25) is 0 Å². The van der Waals surface area contributed by atoms with Crippen molar-refractivity contribution < 1.29 is 5.11 Å². The fourth-order valence-corrected chi connectivity index (χ4v) is 2.61. The van der Waals surface area contributed by atoms with Crippen LogP contribution >= 0.6 is 15.9 Å². The lowest BCUT2D eigenvalue weighted by molar-refractivity contribution is 0.154. The number of aliphatic hydroxyl groups is 1. The van der Waals surface area contributed by atoms with E-state index >= 15 is 0 Å². The van der Waals surface area contributed by atoms with E-state index in [2.05, 4.69) is 36.1 Å². The van der Waals surface area contributed by atoms with Crippen LogP contribution in [0.4, 0.5) is 11.6 Å². The van der Waals surface area contributed by atoms with Gasteiger partial charge in [0.1, 0.15) is 22.4 Å². The van der Waals surface area contributed by atoms with Crippen LogP contribution < -0.4 is 10.2 Å². The number of rotatable bonds is 3. The fourth-order valence-electron chi connectivity index (χ4n) is 2.02. The number of hydrogen-bond donors (Lipinski definition) is 2. The zero-order chi connectivity index (χ0) is 12.3. The van der Waals surface area contributed by atoms with E-state index in [-0.39, 0.29) is 6.10 Å². The summed E-state index contributed by atoms with van der Waals surface area (Å²) < 4.78 is 0.871. The molecule has 6 heteroatoms. The van der Waals surface area contributed by atoms with Crippen LogP contribution in [0, 0.1) is 0 Å². The number of piperidine rings is 1. The highest BCUT2D eigenvalue weighted by Gasteiger charge is 2.21. The third-order valence-corrected chi connectivity index (χ3v) is 3.54. The van der Waals surface area contributed by atoms with Crippen LogP contribution in [0.25, 0.3) is 0 Å². The summed E-state index contributed by atoms with van der Waals surface area (Å²) in [4.78, 5) is 10.6. The van der Waals surface area contributed by atoms with Crippen LogP contribution in [0.1, 0.15) is 19.8 Å². The molecule has 5 nitrogen and oxygen atoms in total. The topological polar surface area (TPSA) is 61.3 Å². The van der Waals surface area contributed by atoms with E-state index in [1.807, 2.05) is 6.92 Å². The zero-order valence-electron chi connectivity index (χ0n) is 9.86. The molecular formula is C11H17BrN4O. The Bertz CT molecular complexity index is 388. The molecule has 0 amide bonds. The van der Waals surface area contributed by atoms with E-state index in [1.54, 1.807) is 6.33 Å². The van der Waals surface area contributed by atoms with Crippen molar-refractivity contribution in [2.75, 3.05) is 29.9 Å². The highest BCUT2D eigenvalue weighted by atomic mass is 79.9. The molecule has 1 atom stereocenters. The highest BCUT2D eigenvalue weighted by molar-refractivity contribution is 9.10. The number of aromatic nitrogens is 2. The molecule has 0 aliphatic carbocycles. The van der Waals surface area contributed by atoms with Crippen LogP contribution in [0.15, 0.2) is 10.8 Å². The van der Waals surface area contributed by atoms with E-state index in [0.29, 0.717) is 6.54 Å². The minimum absolute atomic E-state index is 0.256. The molecule has 2 N–H and O–H groups in total. The molecule has 2 heterocycles. The molecule has 0 aromatic carbocycles. The van der Waals surface area contributed by atoms with Crippen molar-refractivity contribution in [2.45, 2.75) is 25.9 Å². The van der Waals surface area contributed by atoms with Crippen LogP contribution in [0.5, 0.6) is 0 Å². The van der Waals surface area contributed by atoms with E-state index < -0.39 is 0 Å². The first-order chi connectivity index (χ1) is 8.22. The lowest BCUT2D eigenvalue weighted by Crippen LogP contribution is -2.39. The maximum atomic E-state index is 9.69. The van der Waals surface area contributed by atoms with Crippen molar-refractivity contribution in [3.05, 3.63) is 10.8 Å². The number of nitrogens with zero attached hydrogens (tertiary/aromatic N) is 3. The quantitative estimate of drug-likeness (QED) is 0.888. The molecule has 1 aromatic rings. The van der Waals surface area contributed by atoms with Crippen LogP contribution in [0.2, 0.25) is 0 Å². The lowest BCUT2D eigenvalue weighted by atomic mass is 10.1. The summed E-state index contributed by atoms with van der Waals surface area (Å²) in [5.41, 5.74) is 0. The van der Waals surface area contributed by atoms with Gasteiger partial charge in [-0.1, -0.05) is 0 Å². The number of hydrogen-bond acceptors (Lipinski definition) is 5. The lowest BCUT2D eigenvalue weighted by Gasteiger charge is -2.31. The average Bonchev–Trinajstić information content (AvgIpc) is 2.32. The van der Waals surface area contributed by atoms with Gasteiger partial charge in [-0.25, -0.2) is 9.97 Å². The van der Waals surface area contributed by atoms with Crippen molar-refractivity contribution in [2.24, 2.45) is 0 Å². The van der Waals surface area contributed by atoms with Crippen molar-refractivity contribution in [1.29, 1.82) is 0 Å². The number of anilines is 2. The van der Waals surface area contributed by atoms with Gasteiger partial charge >= 0.3 is 0 Å². The van der Waals surface area contributed by atoms with Gasteiger partial charge < -0.3 is 15.3 Å². The Kier molecular flexibility index (Phi) is 4.17. The van der Waals surface area contributed by atoms with Gasteiger partial charge in [0.25, 0.3) is 0 Å². The SMILES string of the molecule is CCNc1ncnc(N2CCCC(O)C2)c1Br. The Morgan fingerprint density at radius 3 is 3.12 bits per heavy atom. The summed E-state index contributed by atoms with van der Waals surface area (Å²) in [5, 5.41) is 12.9. The molecule has 2 rings (SSSR count). The Hall–Kier alpha value is -0.880. The third-order valence-electron chi connectivity index (χ3n) is 2.81. The van der Waals surface area contributed by atoms with E-state index in [9.17, 15) is 5.11 Å². The molecule has 0 saturated carbocycles. The normalized spacial score (nSPS) is 20.4. The summed E-state index contributed by atoms with van der Waals surface area (Å²) in [6, 6.07) is 0. The Morgan fingerprint density at radius 1 is 1.59 bits per heavy atom. The summed E-state index contributed by atoms with van der Waals surface area (Å²) >= 11 is 3.53. The van der Waals surface area contributed by atoms with Crippen molar-refractivity contribution in [3.63, 3.8) is 0 Å². The van der Waals surface area contributed by atoms with E-state index in [4.69, 9.17) is 0 Å². The van der Waals surface area contributed by atoms with Gasteiger partial charge in [-0.05, 0) is 35.7 Å². The standard InChI is InChI=1S/C11H17BrN4O/c1-2-13-10-9(12)11(15-7-14-10)16-5-3-4-8(17)6-16/h7-8,17H,2-6H2,1H3,(H,13,14,15). The minimum Gasteiger partial charge on any atom is -0.391 e. The summed E-state index contributed by atoms with van der Waals surface area (Å²) in [7, 11) is 0. The number of nitrogens with one attached hydrogen (secondary N) is 1. The Morgan fingerprint density at radius 2 is 2.41 bits per heavy atom. The average molecular weight is 301 g/mol.